The van der Waals surface area contributed by atoms with Gasteiger partial charge in [-0.25, -0.2) is 0 Å². The van der Waals surface area contributed by atoms with Gasteiger partial charge in [-0.2, -0.15) is 0 Å². The first-order valence-electron chi connectivity index (χ1n) is 4.32. The molecule has 3 nitrogen and oxygen atoms in total. The third-order valence-corrected chi connectivity index (χ3v) is 2.23. The van der Waals surface area contributed by atoms with Gasteiger partial charge in [-0.1, -0.05) is 13.8 Å². The molecular formula is C9H15NO2. The molecule has 1 heterocycles. The Hall–Kier alpha value is -0.860. The summed E-state index contributed by atoms with van der Waals surface area (Å²) in [6.45, 7) is 4.13. The summed E-state index contributed by atoms with van der Waals surface area (Å²) in [7, 11) is 1.56. The molecule has 1 atom stereocenters. The fourth-order valence-electron chi connectivity index (χ4n) is 1.58. The molecule has 0 bridgehead atoms. The Morgan fingerprint density at radius 3 is 2.42 bits per heavy atom. The Bertz CT molecular complexity index is 211. The van der Waals surface area contributed by atoms with Crippen LogP contribution in [0, 0.1) is 11.8 Å². The third-order valence-electron chi connectivity index (χ3n) is 2.23. The van der Waals surface area contributed by atoms with Gasteiger partial charge >= 0.3 is 0 Å². The number of imide groups is 1. The number of likely N-dealkylation sites (tertiary alicyclic amines) is 1. The second-order valence-electron chi connectivity index (χ2n) is 3.82. The van der Waals surface area contributed by atoms with Crippen molar-refractivity contribution in [3.8, 4) is 0 Å². The lowest BCUT2D eigenvalue weighted by Gasteiger charge is -2.10. The predicted molar refractivity (Wildman–Crippen MR) is 45.3 cm³/mol. The summed E-state index contributed by atoms with van der Waals surface area (Å²) in [5.41, 5.74) is 0. The van der Waals surface area contributed by atoms with Crippen LogP contribution in [0.3, 0.4) is 0 Å². The normalized spacial score (nSPS) is 24.3. The molecule has 12 heavy (non-hydrogen) atoms. The van der Waals surface area contributed by atoms with E-state index in [-0.39, 0.29) is 17.7 Å². The number of amides is 2. The predicted octanol–water partition coefficient (Wildman–Crippen LogP) is 1.04. The first-order valence-corrected chi connectivity index (χ1v) is 4.32. The van der Waals surface area contributed by atoms with Crippen molar-refractivity contribution in [3.63, 3.8) is 0 Å². The van der Waals surface area contributed by atoms with E-state index in [2.05, 4.69) is 13.8 Å². The van der Waals surface area contributed by atoms with Crippen LogP contribution in [0.25, 0.3) is 0 Å². The first kappa shape index (κ1) is 9.23. The summed E-state index contributed by atoms with van der Waals surface area (Å²) >= 11 is 0. The molecule has 2 amide bonds. The van der Waals surface area contributed by atoms with Crippen molar-refractivity contribution in [2.45, 2.75) is 26.7 Å². The Balaban J connectivity index is 2.59. The number of hydrogen-bond donors (Lipinski definition) is 0. The molecule has 3 heteroatoms. The first-order chi connectivity index (χ1) is 5.52. The molecule has 1 aliphatic heterocycles. The highest BCUT2D eigenvalue weighted by atomic mass is 16.2. The molecule has 1 fully saturated rings. The minimum absolute atomic E-state index is 0.00583. The lowest BCUT2D eigenvalue weighted by atomic mass is 9.96. The Labute approximate surface area is 72.7 Å². The average Bonchev–Trinajstić information content (AvgIpc) is 2.17. The van der Waals surface area contributed by atoms with E-state index in [4.69, 9.17) is 0 Å². The molecule has 0 N–H and O–H groups in total. The maximum atomic E-state index is 11.4. The molecule has 0 saturated carbocycles. The van der Waals surface area contributed by atoms with Gasteiger partial charge in [-0.05, 0) is 12.3 Å². The highest BCUT2D eigenvalue weighted by Crippen LogP contribution is 2.24. The van der Waals surface area contributed by atoms with Crippen molar-refractivity contribution in [1.82, 2.24) is 4.90 Å². The number of rotatable bonds is 2. The van der Waals surface area contributed by atoms with Gasteiger partial charge in [0, 0.05) is 19.4 Å². The van der Waals surface area contributed by atoms with E-state index in [1.165, 1.54) is 4.90 Å². The lowest BCUT2D eigenvalue weighted by Crippen LogP contribution is -2.26. The van der Waals surface area contributed by atoms with Crippen LogP contribution < -0.4 is 0 Å². The number of carbonyl (C=O) groups is 2. The maximum Gasteiger partial charge on any atom is 0.232 e. The van der Waals surface area contributed by atoms with Gasteiger partial charge in [-0.3, -0.25) is 14.5 Å². The van der Waals surface area contributed by atoms with E-state index in [0.29, 0.717) is 12.3 Å². The molecule has 0 aromatic rings. The van der Waals surface area contributed by atoms with Crippen LogP contribution in [-0.4, -0.2) is 23.8 Å². The Kier molecular flexibility index (Phi) is 2.50. The van der Waals surface area contributed by atoms with E-state index in [1.54, 1.807) is 7.05 Å². The zero-order valence-corrected chi connectivity index (χ0v) is 7.83. The largest absolute Gasteiger partial charge is 0.285 e. The number of carbonyl (C=O) groups excluding carboxylic acids is 2. The molecule has 0 aliphatic carbocycles. The van der Waals surface area contributed by atoms with E-state index in [1.807, 2.05) is 0 Å². The SMILES string of the molecule is CC(C)CC1CC(=O)N(C)C1=O. The van der Waals surface area contributed by atoms with E-state index in [0.717, 1.165) is 6.42 Å². The summed E-state index contributed by atoms with van der Waals surface area (Å²) in [6, 6.07) is 0. The smallest absolute Gasteiger partial charge is 0.232 e. The van der Waals surface area contributed by atoms with Crippen LogP contribution in [0.4, 0.5) is 0 Å². The van der Waals surface area contributed by atoms with Crippen LogP contribution in [0.1, 0.15) is 26.7 Å². The lowest BCUT2D eigenvalue weighted by molar-refractivity contribution is -0.137. The topological polar surface area (TPSA) is 37.4 Å². The van der Waals surface area contributed by atoms with Crippen molar-refractivity contribution in [2.24, 2.45) is 11.8 Å². The van der Waals surface area contributed by atoms with Crippen LogP contribution in [0.5, 0.6) is 0 Å². The van der Waals surface area contributed by atoms with Crippen molar-refractivity contribution >= 4 is 11.8 Å². The molecule has 68 valence electrons. The fraction of sp³-hybridized carbons (Fsp3) is 0.778. The summed E-state index contributed by atoms with van der Waals surface area (Å²) in [4.78, 5) is 23.7. The van der Waals surface area contributed by atoms with Gasteiger partial charge < -0.3 is 0 Å². The monoisotopic (exact) mass is 169 g/mol. The second kappa shape index (κ2) is 3.25. The van der Waals surface area contributed by atoms with Crippen LogP contribution in [-0.2, 0) is 9.59 Å². The van der Waals surface area contributed by atoms with Crippen molar-refractivity contribution in [1.29, 1.82) is 0 Å². The van der Waals surface area contributed by atoms with Crippen LogP contribution >= 0.6 is 0 Å². The Morgan fingerprint density at radius 1 is 1.50 bits per heavy atom. The molecule has 1 rings (SSSR count). The molecule has 1 unspecified atom stereocenters. The molecule has 0 radical (unpaired) electrons. The van der Waals surface area contributed by atoms with Gasteiger partial charge in [0.1, 0.15) is 0 Å². The standard InChI is InChI=1S/C9H15NO2/c1-6(2)4-7-5-8(11)10(3)9(7)12/h6-7H,4-5H2,1-3H3. The van der Waals surface area contributed by atoms with Crippen LogP contribution in [0.2, 0.25) is 0 Å². The minimum atomic E-state index is -0.0532. The molecule has 0 aromatic carbocycles. The average molecular weight is 169 g/mol. The molecule has 0 spiro atoms. The van der Waals surface area contributed by atoms with Crippen molar-refractivity contribution in [3.05, 3.63) is 0 Å². The Morgan fingerprint density at radius 2 is 2.08 bits per heavy atom. The molecule has 1 saturated heterocycles. The van der Waals surface area contributed by atoms with Gasteiger partial charge in [-0.15, -0.1) is 0 Å². The summed E-state index contributed by atoms with van der Waals surface area (Å²) in [6.07, 6.45) is 1.24. The van der Waals surface area contributed by atoms with Gasteiger partial charge in [0.25, 0.3) is 0 Å². The summed E-state index contributed by atoms with van der Waals surface area (Å²) in [5, 5.41) is 0. The minimum Gasteiger partial charge on any atom is -0.285 e. The quantitative estimate of drug-likeness (QED) is 0.579. The maximum absolute atomic E-state index is 11.4. The second-order valence-corrected chi connectivity index (χ2v) is 3.82. The van der Waals surface area contributed by atoms with Crippen molar-refractivity contribution in [2.75, 3.05) is 7.05 Å². The zero-order valence-electron chi connectivity index (χ0n) is 7.83. The summed E-state index contributed by atoms with van der Waals surface area (Å²) in [5.74, 6) is 0.389. The molecule has 1 aliphatic rings. The highest BCUT2D eigenvalue weighted by Gasteiger charge is 2.35. The fourth-order valence-corrected chi connectivity index (χ4v) is 1.58. The van der Waals surface area contributed by atoms with Gasteiger partial charge in [0.2, 0.25) is 11.8 Å². The zero-order chi connectivity index (χ0) is 9.30. The van der Waals surface area contributed by atoms with E-state index < -0.39 is 0 Å². The van der Waals surface area contributed by atoms with Crippen LogP contribution in [0.15, 0.2) is 0 Å². The van der Waals surface area contributed by atoms with Gasteiger partial charge in [0.05, 0.1) is 0 Å². The number of nitrogens with zero attached hydrogens (tertiary/aromatic N) is 1. The van der Waals surface area contributed by atoms with E-state index >= 15 is 0 Å². The van der Waals surface area contributed by atoms with Gasteiger partial charge in [0.15, 0.2) is 0 Å². The van der Waals surface area contributed by atoms with Crippen molar-refractivity contribution < 1.29 is 9.59 Å². The summed E-state index contributed by atoms with van der Waals surface area (Å²) < 4.78 is 0. The molecule has 0 aromatic heterocycles. The van der Waals surface area contributed by atoms with E-state index in [9.17, 15) is 9.59 Å². The molecular weight excluding hydrogens is 154 g/mol. The highest BCUT2D eigenvalue weighted by molar-refractivity contribution is 6.03. The third kappa shape index (κ3) is 1.65. The number of hydrogen-bond acceptors (Lipinski definition) is 2.